The van der Waals surface area contributed by atoms with Crippen LogP contribution in [0.5, 0.6) is 11.5 Å². The van der Waals surface area contributed by atoms with E-state index < -0.39 is 0 Å². The van der Waals surface area contributed by atoms with E-state index in [0.29, 0.717) is 11.8 Å². The van der Waals surface area contributed by atoms with Gasteiger partial charge in [0, 0.05) is 32.2 Å². The van der Waals surface area contributed by atoms with E-state index in [0.717, 1.165) is 31.7 Å². The Morgan fingerprint density at radius 3 is 3.00 bits per heavy atom. The minimum absolute atomic E-state index is 0.216. The molecule has 2 rings (SSSR count). The molecule has 0 spiro atoms. The van der Waals surface area contributed by atoms with Crippen molar-refractivity contribution in [3.8, 4) is 11.5 Å². The minimum Gasteiger partial charge on any atom is -0.504 e. The lowest BCUT2D eigenvalue weighted by Gasteiger charge is -2.31. The van der Waals surface area contributed by atoms with E-state index in [4.69, 9.17) is 4.74 Å². The molecular formula is C13H20N2O2. The Kier molecular flexibility index (Phi) is 3.86. The Bertz CT molecular complexity index is 382. The van der Waals surface area contributed by atoms with Crippen molar-refractivity contribution in [1.82, 2.24) is 10.2 Å². The van der Waals surface area contributed by atoms with Gasteiger partial charge in [0.1, 0.15) is 0 Å². The van der Waals surface area contributed by atoms with Crippen molar-refractivity contribution < 1.29 is 9.84 Å². The van der Waals surface area contributed by atoms with Crippen LogP contribution in [0.1, 0.15) is 12.5 Å². The molecule has 0 aromatic heterocycles. The summed E-state index contributed by atoms with van der Waals surface area (Å²) in [5.74, 6) is 0.746. The predicted molar refractivity (Wildman–Crippen MR) is 67.4 cm³/mol. The van der Waals surface area contributed by atoms with Gasteiger partial charge in [-0.25, -0.2) is 0 Å². The molecule has 0 aliphatic carbocycles. The second-order valence-corrected chi connectivity index (χ2v) is 4.60. The van der Waals surface area contributed by atoms with Gasteiger partial charge in [-0.3, -0.25) is 4.90 Å². The van der Waals surface area contributed by atoms with Gasteiger partial charge in [-0.15, -0.1) is 0 Å². The second kappa shape index (κ2) is 5.38. The van der Waals surface area contributed by atoms with Gasteiger partial charge < -0.3 is 15.2 Å². The molecule has 0 saturated carbocycles. The van der Waals surface area contributed by atoms with E-state index in [-0.39, 0.29) is 5.75 Å². The van der Waals surface area contributed by atoms with Crippen molar-refractivity contribution in [2.75, 3.05) is 26.7 Å². The van der Waals surface area contributed by atoms with Gasteiger partial charge in [0.05, 0.1) is 7.11 Å². The lowest BCUT2D eigenvalue weighted by Crippen LogP contribution is -2.48. The van der Waals surface area contributed by atoms with Gasteiger partial charge in [0.2, 0.25) is 0 Å². The van der Waals surface area contributed by atoms with Crippen molar-refractivity contribution in [3.63, 3.8) is 0 Å². The average molecular weight is 236 g/mol. The fraction of sp³-hybridized carbons (Fsp3) is 0.538. The highest BCUT2D eigenvalue weighted by Crippen LogP contribution is 2.26. The molecule has 0 bridgehead atoms. The number of benzene rings is 1. The van der Waals surface area contributed by atoms with E-state index in [1.807, 2.05) is 12.1 Å². The summed E-state index contributed by atoms with van der Waals surface area (Å²) in [4.78, 5) is 2.39. The number of hydrogen-bond donors (Lipinski definition) is 2. The minimum atomic E-state index is 0.216. The molecule has 1 aromatic carbocycles. The quantitative estimate of drug-likeness (QED) is 0.827. The zero-order chi connectivity index (χ0) is 12.3. The summed E-state index contributed by atoms with van der Waals surface area (Å²) in [5.41, 5.74) is 1.12. The molecule has 94 valence electrons. The summed E-state index contributed by atoms with van der Waals surface area (Å²) in [6.45, 7) is 6.20. The van der Waals surface area contributed by atoms with Crippen molar-refractivity contribution >= 4 is 0 Å². The van der Waals surface area contributed by atoms with Crippen LogP contribution >= 0.6 is 0 Å². The number of rotatable bonds is 3. The van der Waals surface area contributed by atoms with Crippen LogP contribution in [-0.2, 0) is 6.54 Å². The van der Waals surface area contributed by atoms with Gasteiger partial charge in [0.25, 0.3) is 0 Å². The molecular weight excluding hydrogens is 216 g/mol. The number of piperazine rings is 1. The summed E-state index contributed by atoms with van der Waals surface area (Å²) in [5, 5.41) is 13.1. The van der Waals surface area contributed by atoms with Crippen LogP contribution in [0.4, 0.5) is 0 Å². The Labute approximate surface area is 102 Å². The highest BCUT2D eigenvalue weighted by Gasteiger charge is 2.15. The van der Waals surface area contributed by atoms with Crippen LogP contribution in [0.3, 0.4) is 0 Å². The number of hydrogen-bond acceptors (Lipinski definition) is 4. The summed E-state index contributed by atoms with van der Waals surface area (Å²) in [6.07, 6.45) is 0. The fourth-order valence-electron chi connectivity index (χ4n) is 2.25. The van der Waals surface area contributed by atoms with Gasteiger partial charge in [-0.1, -0.05) is 6.07 Å². The van der Waals surface area contributed by atoms with Gasteiger partial charge >= 0.3 is 0 Å². The van der Waals surface area contributed by atoms with E-state index in [1.165, 1.54) is 0 Å². The molecule has 1 saturated heterocycles. The van der Waals surface area contributed by atoms with Crippen molar-refractivity contribution in [2.45, 2.75) is 19.5 Å². The SMILES string of the molecule is COc1ccc(CN2CCNC(C)C2)cc1O. The number of aromatic hydroxyl groups is 1. The third-order valence-corrected chi connectivity index (χ3v) is 3.10. The first kappa shape index (κ1) is 12.2. The number of nitrogens with one attached hydrogen (secondary N) is 1. The van der Waals surface area contributed by atoms with Crippen LogP contribution in [0.2, 0.25) is 0 Å². The Morgan fingerprint density at radius 2 is 2.35 bits per heavy atom. The lowest BCUT2D eigenvalue weighted by molar-refractivity contribution is 0.199. The van der Waals surface area contributed by atoms with E-state index in [2.05, 4.69) is 17.1 Å². The van der Waals surface area contributed by atoms with Gasteiger partial charge in [-0.05, 0) is 24.6 Å². The first-order chi connectivity index (χ1) is 8.19. The monoisotopic (exact) mass is 236 g/mol. The number of nitrogens with zero attached hydrogens (tertiary/aromatic N) is 1. The summed E-state index contributed by atoms with van der Waals surface area (Å²) in [7, 11) is 1.56. The summed E-state index contributed by atoms with van der Waals surface area (Å²) >= 11 is 0. The molecule has 1 aliphatic heterocycles. The molecule has 1 fully saturated rings. The molecule has 4 nitrogen and oxygen atoms in total. The normalized spacial score (nSPS) is 21.4. The molecule has 1 heterocycles. The zero-order valence-electron chi connectivity index (χ0n) is 10.4. The number of phenolic OH excluding ortho intramolecular Hbond substituents is 1. The van der Waals surface area contributed by atoms with E-state index in [1.54, 1.807) is 13.2 Å². The largest absolute Gasteiger partial charge is 0.504 e. The van der Waals surface area contributed by atoms with Crippen LogP contribution in [0, 0.1) is 0 Å². The maximum absolute atomic E-state index is 9.72. The van der Waals surface area contributed by atoms with E-state index >= 15 is 0 Å². The topological polar surface area (TPSA) is 44.7 Å². The van der Waals surface area contributed by atoms with Crippen LogP contribution in [0.25, 0.3) is 0 Å². The number of phenols is 1. The molecule has 0 amide bonds. The summed E-state index contributed by atoms with van der Waals surface area (Å²) in [6, 6.07) is 6.14. The Hall–Kier alpha value is -1.26. The maximum Gasteiger partial charge on any atom is 0.160 e. The number of ether oxygens (including phenoxy) is 1. The first-order valence-electron chi connectivity index (χ1n) is 6.00. The second-order valence-electron chi connectivity index (χ2n) is 4.60. The molecule has 0 radical (unpaired) electrons. The fourth-order valence-corrected chi connectivity index (χ4v) is 2.25. The Morgan fingerprint density at radius 1 is 1.53 bits per heavy atom. The lowest BCUT2D eigenvalue weighted by atomic mass is 10.1. The van der Waals surface area contributed by atoms with Crippen molar-refractivity contribution in [2.24, 2.45) is 0 Å². The smallest absolute Gasteiger partial charge is 0.160 e. The standard InChI is InChI=1S/C13H20N2O2/c1-10-8-15(6-5-14-10)9-11-3-4-13(17-2)12(16)7-11/h3-4,7,10,14,16H,5-6,8-9H2,1-2H3. The van der Waals surface area contributed by atoms with Gasteiger partial charge in [0.15, 0.2) is 11.5 Å². The van der Waals surface area contributed by atoms with E-state index in [9.17, 15) is 5.11 Å². The maximum atomic E-state index is 9.72. The predicted octanol–water partition coefficient (Wildman–Crippen LogP) is 1.19. The van der Waals surface area contributed by atoms with Crippen molar-refractivity contribution in [1.29, 1.82) is 0 Å². The average Bonchev–Trinajstić information content (AvgIpc) is 2.29. The molecule has 1 aliphatic rings. The summed E-state index contributed by atoms with van der Waals surface area (Å²) < 4.78 is 5.03. The van der Waals surface area contributed by atoms with Crippen LogP contribution in [0.15, 0.2) is 18.2 Å². The molecule has 1 aromatic rings. The van der Waals surface area contributed by atoms with Crippen LogP contribution in [-0.4, -0.2) is 42.8 Å². The molecule has 4 heteroatoms. The number of methoxy groups -OCH3 is 1. The molecule has 2 N–H and O–H groups in total. The highest BCUT2D eigenvalue weighted by atomic mass is 16.5. The van der Waals surface area contributed by atoms with Crippen molar-refractivity contribution in [3.05, 3.63) is 23.8 Å². The van der Waals surface area contributed by atoms with Gasteiger partial charge in [-0.2, -0.15) is 0 Å². The zero-order valence-corrected chi connectivity index (χ0v) is 10.4. The third-order valence-electron chi connectivity index (χ3n) is 3.10. The highest BCUT2D eigenvalue weighted by molar-refractivity contribution is 5.41. The molecule has 17 heavy (non-hydrogen) atoms. The molecule has 1 unspecified atom stereocenters. The van der Waals surface area contributed by atoms with Crippen LogP contribution < -0.4 is 10.1 Å². The third kappa shape index (κ3) is 3.11. The Balaban J connectivity index is 2.00. The molecule has 1 atom stereocenters. The first-order valence-corrected chi connectivity index (χ1v) is 6.00.